The van der Waals surface area contributed by atoms with E-state index in [1.807, 2.05) is 0 Å². The van der Waals surface area contributed by atoms with Crippen LogP contribution < -0.4 is 0 Å². The molecule has 0 saturated heterocycles. The Kier molecular flexibility index (Phi) is 0.365. The highest BCUT2D eigenvalue weighted by Crippen LogP contribution is 3.61. The Morgan fingerprint density at radius 3 is 2.22 bits per heavy atom. The van der Waals surface area contributed by atoms with Gasteiger partial charge in [0.2, 0.25) is 0 Å². The molecule has 16 fully saturated rings. The van der Waals surface area contributed by atoms with E-state index in [0.717, 1.165) is 59.5 Å². The highest BCUT2D eigenvalue weighted by atomic mass is 15.6. The van der Waals surface area contributed by atoms with Crippen LogP contribution in [0.5, 0.6) is 0 Å². The average Bonchev–Trinajstić information content (AvgIpc) is 3.19. The Morgan fingerprint density at radius 2 is 1.35 bits per heavy atom. The first-order chi connectivity index (χ1) is 11.3. The lowest BCUT2D eigenvalue weighted by atomic mass is 8.62. The second kappa shape index (κ2) is 1.08. The minimum atomic E-state index is 0.988. The average molecular weight is 290 g/mol. The van der Waals surface area contributed by atoms with Gasteiger partial charge in [0.25, 0.3) is 0 Å². The highest BCUT2D eigenvalue weighted by Gasteiger charge is 3.58. The van der Waals surface area contributed by atoms with Crippen LogP contribution in [0.4, 0.5) is 0 Å². The van der Waals surface area contributed by atoms with Crippen molar-refractivity contribution in [1.29, 1.82) is 0 Å². The third-order valence-corrected chi connectivity index (χ3v) is 19.4. The molecule has 0 aromatic rings. The Morgan fingerprint density at radius 1 is 0.609 bits per heavy atom. The molecule has 0 N–H and O–H groups in total. The highest BCUT2D eigenvalue weighted by molar-refractivity contribution is 6.29. The predicted molar refractivity (Wildman–Crippen MR) is 76.2 cm³/mol. The van der Waals surface area contributed by atoms with Crippen molar-refractivity contribution in [2.24, 2.45) is 107 Å². The van der Waals surface area contributed by atoms with Gasteiger partial charge in [0.15, 0.2) is 0 Å². The fraction of sp³-hybridized carbons (Fsp3) is 1.00. The molecule has 20 unspecified atom stereocenters. The van der Waals surface area contributed by atoms with Gasteiger partial charge < -0.3 is 0 Å². The fourth-order valence-corrected chi connectivity index (χ4v) is 24.1. The molecule has 16 aliphatic carbocycles. The molecule has 0 heterocycles. The molecule has 106 valence electrons. The van der Waals surface area contributed by atoms with E-state index in [2.05, 4.69) is 7.85 Å². The predicted octanol–water partition coefficient (Wildman–Crippen LogP) is 1.19. The van der Waals surface area contributed by atoms with Crippen LogP contribution in [-0.4, -0.2) is 7.85 Å². The molecule has 0 radical (unpaired) electrons. The molecule has 0 aromatic heterocycles. The molecule has 23 heavy (non-hydrogen) atoms. The maximum atomic E-state index is 2.94. The van der Waals surface area contributed by atoms with Crippen LogP contribution >= 0.6 is 0 Å². The van der Waals surface area contributed by atoms with Gasteiger partial charge in [-0.25, -0.2) is 0 Å². The van der Waals surface area contributed by atoms with Gasteiger partial charge in [0, 0.05) is 0 Å². The van der Waals surface area contributed by atoms with Crippen molar-refractivity contribution in [3.8, 4) is 0 Å². The van der Waals surface area contributed by atoms with Gasteiger partial charge in [-0.3, -0.25) is 0 Å². The minimum absolute atomic E-state index is 0.988. The second-order valence-corrected chi connectivity index (χ2v) is 14.7. The molecule has 10 spiro atoms. The van der Waals surface area contributed by atoms with Gasteiger partial charge >= 0.3 is 0 Å². The van der Waals surface area contributed by atoms with Crippen LogP contribution in [-0.2, 0) is 0 Å². The molecule has 16 aliphatic rings. The molecule has 0 aromatic carbocycles. The topological polar surface area (TPSA) is 0 Å². The van der Waals surface area contributed by atoms with Crippen molar-refractivity contribution in [3.63, 3.8) is 0 Å². The van der Waals surface area contributed by atoms with Crippen molar-refractivity contribution in [2.45, 2.75) is 18.2 Å². The first-order valence-electron chi connectivity index (χ1n) is 11.3. The lowest BCUT2D eigenvalue weighted by molar-refractivity contribution is -0.928. The van der Waals surface area contributed by atoms with Gasteiger partial charge in [-0.15, -0.1) is 0 Å². The standard InChI is InChI=1S/C22H15B/c23-21-11-14-9-5-1-3-7-8-4-2-6-10-18(14,21)19(10)13(4,6)16(8)15(7)12(3,5)17(9,14)20(11,15)22(16,19)21/h3-11H,1-2,23H2. The number of rotatable bonds is 0. The zero-order valence-corrected chi connectivity index (χ0v) is 13.1. The summed E-state index contributed by atoms with van der Waals surface area (Å²) in [6, 6.07) is 0. The van der Waals surface area contributed by atoms with Gasteiger partial charge in [0.05, 0.1) is 0 Å². The van der Waals surface area contributed by atoms with E-state index in [4.69, 9.17) is 0 Å². The quantitative estimate of drug-likeness (QED) is 0.588. The van der Waals surface area contributed by atoms with E-state index in [9.17, 15) is 0 Å². The van der Waals surface area contributed by atoms with Crippen LogP contribution in [0.15, 0.2) is 0 Å². The molecule has 0 aliphatic heterocycles. The molecule has 20 atom stereocenters. The summed E-state index contributed by atoms with van der Waals surface area (Å²) in [4.78, 5) is 0. The molecule has 1 heteroatoms. The SMILES string of the molecule is BC12C3C45C6C7CC8C9C%10C%11CC%12C%13C14C%131C%12%11C%104C9%10C78C65C3%10C214. The molecule has 0 nitrogen and oxygen atoms in total. The lowest BCUT2D eigenvalue weighted by Gasteiger charge is -3.39. The Bertz CT molecular complexity index is 1250. The van der Waals surface area contributed by atoms with E-state index in [1.54, 1.807) is 12.8 Å². The van der Waals surface area contributed by atoms with Crippen LogP contribution in [0, 0.1) is 107 Å². The number of hydrogen-bond acceptors (Lipinski definition) is 0. The Hall–Kier alpha value is 0.0649. The summed E-state index contributed by atoms with van der Waals surface area (Å²) in [7, 11) is 2.94. The summed E-state index contributed by atoms with van der Waals surface area (Å²) in [5.74, 6) is 12.2. The monoisotopic (exact) mass is 290 g/mol. The number of hydrogen-bond donors (Lipinski definition) is 0. The summed E-state index contributed by atoms with van der Waals surface area (Å²) in [6.45, 7) is 0. The van der Waals surface area contributed by atoms with Crippen LogP contribution in [0.25, 0.3) is 0 Å². The fourth-order valence-electron chi connectivity index (χ4n) is 24.1. The van der Waals surface area contributed by atoms with Crippen molar-refractivity contribution < 1.29 is 0 Å². The second-order valence-electron chi connectivity index (χ2n) is 14.7. The normalized spacial score (nSPS) is 136. The van der Waals surface area contributed by atoms with Crippen LogP contribution in [0.1, 0.15) is 12.8 Å². The maximum Gasteiger partial charge on any atom is 0.111 e. The van der Waals surface area contributed by atoms with E-state index >= 15 is 0 Å². The van der Waals surface area contributed by atoms with E-state index in [-0.39, 0.29) is 0 Å². The third kappa shape index (κ3) is 0.158. The maximum absolute atomic E-state index is 2.94. The van der Waals surface area contributed by atoms with Gasteiger partial charge in [-0.1, -0.05) is 0 Å². The number of fused-ring (bicyclic) bond motifs is 5. The van der Waals surface area contributed by atoms with Gasteiger partial charge in [0.1, 0.15) is 7.85 Å². The summed E-state index contributed by atoms with van der Waals surface area (Å²) in [6.07, 6.45) is 3.55. The smallest absolute Gasteiger partial charge is 0.0458 e. The molecular weight excluding hydrogens is 275 g/mol. The molecule has 16 saturated carbocycles. The largest absolute Gasteiger partial charge is 0.111 e. The van der Waals surface area contributed by atoms with Crippen molar-refractivity contribution in [2.75, 3.05) is 0 Å². The Labute approximate surface area is 133 Å². The zero-order valence-electron chi connectivity index (χ0n) is 13.1. The van der Waals surface area contributed by atoms with E-state index < -0.39 is 0 Å². The van der Waals surface area contributed by atoms with Gasteiger partial charge in [-0.05, 0) is 126 Å². The summed E-state index contributed by atoms with van der Waals surface area (Å²) in [5, 5.41) is 0.988. The Balaban J connectivity index is 1.36. The van der Waals surface area contributed by atoms with Crippen molar-refractivity contribution in [1.82, 2.24) is 0 Å². The van der Waals surface area contributed by atoms with E-state index in [0.29, 0.717) is 0 Å². The van der Waals surface area contributed by atoms with Crippen molar-refractivity contribution in [3.05, 3.63) is 0 Å². The summed E-state index contributed by atoms with van der Waals surface area (Å²) >= 11 is 0. The molecule has 0 bridgehead atoms. The first kappa shape index (κ1) is 7.75. The van der Waals surface area contributed by atoms with E-state index in [1.165, 1.54) is 53.3 Å². The molecule has 0 amide bonds. The van der Waals surface area contributed by atoms with Gasteiger partial charge in [-0.2, -0.15) is 0 Å². The third-order valence-electron chi connectivity index (χ3n) is 19.4. The molecule has 16 rings (SSSR count). The van der Waals surface area contributed by atoms with Crippen LogP contribution in [0.3, 0.4) is 0 Å². The summed E-state index contributed by atoms with van der Waals surface area (Å²) in [5.41, 5.74) is 11.1. The first-order valence-corrected chi connectivity index (χ1v) is 11.3. The van der Waals surface area contributed by atoms with Crippen molar-refractivity contribution >= 4 is 7.85 Å². The zero-order chi connectivity index (χ0) is 13.1. The summed E-state index contributed by atoms with van der Waals surface area (Å²) < 4.78 is 0. The van der Waals surface area contributed by atoms with Crippen LogP contribution in [0.2, 0.25) is 5.31 Å². The molecular formula is C22H15B. The minimum Gasteiger partial charge on any atom is -0.0458 e. The lowest BCUT2D eigenvalue weighted by Crippen LogP contribution is -3.37.